The van der Waals surface area contributed by atoms with Crippen molar-refractivity contribution in [3.8, 4) is 23.0 Å². The van der Waals surface area contributed by atoms with Crippen molar-refractivity contribution in [1.82, 2.24) is 5.32 Å². The van der Waals surface area contributed by atoms with E-state index in [1.165, 1.54) is 16.7 Å². The average Bonchev–Trinajstić information content (AvgIpc) is 2.84. The second kappa shape index (κ2) is 10.4. The topological polar surface area (TPSA) is 49.0 Å². The number of rotatable bonds is 9. The SMILES string of the molecule is CCOc1cc2c(cc1OCC)C(c1ccc(OCc3ccc(OC)cc3)cc1)NCC2. The van der Waals surface area contributed by atoms with E-state index < -0.39 is 0 Å². The Balaban J connectivity index is 1.50. The molecule has 0 aliphatic carbocycles. The molecule has 4 rings (SSSR count). The fourth-order valence-corrected chi connectivity index (χ4v) is 4.04. The lowest BCUT2D eigenvalue weighted by Crippen LogP contribution is -2.30. The lowest BCUT2D eigenvalue weighted by atomic mass is 9.89. The summed E-state index contributed by atoms with van der Waals surface area (Å²) >= 11 is 0. The predicted molar refractivity (Wildman–Crippen MR) is 126 cm³/mol. The maximum atomic E-state index is 5.97. The number of fused-ring (bicyclic) bond motifs is 1. The molecule has 0 saturated heterocycles. The van der Waals surface area contributed by atoms with Gasteiger partial charge in [-0.2, -0.15) is 0 Å². The van der Waals surface area contributed by atoms with Crippen LogP contribution in [-0.4, -0.2) is 26.9 Å². The molecule has 0 radical (unpaired) electrons. The van der Waals surface area contributed by atoms with Crippen molar-refractivity contribution in [3.05, 3.63) is 82.9 Å². The predicted octanol–water partition coefficient (Wildman–Crippen LogP) is 5.31. The van der Waals surface area contributed by atoms with Gasteiger partial charge in [0.05, 0.1) is 26.4 Å². The van der Waals surface area contributed by atoms with Crippen LogP contribution >= 0.6 is 0 Å². The van der Waals surface area contributed by atoms with Crippen LogP contribution in [0.25, 0.3) is 0 Å². The van der Waals surface area contributed by atoms with Gasteiger partial charge in [0.2, 0.25) is 0 Å². The van der Waals surface area contributed by atoms with Crippen LogP contribution in [0.1, 0.15) is 42.1 Å². The molecule has 0 saturated carbocycles. The lowest BCUT2D eigenvalue weighted by Gasteiger charge is -2.29. The van der Waals surface area contributed by atoms with E-state index in [0.717, 1.165) is 41.5 Å². The van der Waals surface area contributed by atoms with E-state index in [4.69, 9.17) is 18.9 Å². The summed E-state index contributed by atoms with van der Waals surface area (Å²) in [6.07, 6.45) is 0.974. The van der Waals surface area contributed by atoms with Crippen LogP contribution in [0.5, 0.6) is 23.0 Å². The van der Waals surface area contributed by atoms with Crippen LogP contribution in [0.3, 0.4) is 0 Å². The van der Waals surface area contributed by atoms with Gasteiger partial charge in [-0.3, -0.25) is 0 Å². The summed E-state index contributed by atoms with van der Waals surface area (Å²) in [6.45, 7) is 6.67. The van der Waals surface area contributed by atoms with Crippen molar-refractivity contribution >= 4 is 0 Å². The quantitative estimate of drug-likeness (QED) is 0.496. The lowest BCUT2D eigenvalue weighted by molar-refractivity contribution is 0.286. The highest BCUT2D eigenvalue weighted by Crippen LogP contribution is 2.38. The Labute approximate surface area is 190 Å². The molecule has 5 heteroatoms. The summed E-state index contributed by atoms with van der Waals surface area (Å²) in [5.74, 6) is 3.33. The molecule has 0 amide bonds. The zero-order valence-corrected chi connectivity index (χ0v) is 19.0. The first-order valence-electron chi connectivity index (χ1n) is 11.2. The van der Waals surface area contributed by atoms with E-state index in [-0.39, 0.29) is 6.04 Å². The highest BCUT2D eigenvalue weighted by molar-refractivity contribution is 5.52. The second-order valence-electron chi connectivity index (χ2n) is 7.71. The largest absolute Gasteiger partial charge is 0.497 e. The number of methoxy groups -OCH3 is 1. The monoisotopic (exact) mass is 433 g/mol. The molecule has 1 aliphatic rings. The molecule has 5 nitrogen and oxygen atoms in total. The van der Waals surface area contributed by atoms with Gasteiger partial charge in [0.25, 0.3) is 0 Å². The van der Waals surface area contributed by atoms with Crippen molar-refractivity contribution in [1.29, 1.82) is 0 Å². The highest BCUT2D eigenvalue weighted by atomic mass is 16.5. The maximum Gasteiger partial charge on any atom is 0.161 e. The Morgan fingerprint density at radius 1 is 0.812 bits per heavy atom. The first kappa shape index (κ1) is 22.0. The van der Waals surface area contributed by atoms with Crippen molar-refractivity contribution in [2.24, 2.45) is 0 Å². The maximum absolute atomic E-state index is 5.97. The summed E-state index contributed by atoms with van der Waals surface area (Å²) in [7, 11) is 1.67. The first-order valence-corrected chi connectivity index (χ1v) is 11.2. The van der Waals surface area contributed by atoms with Gasteiger partial charge in [0.1, 0.15) is 18.1 Å². The molecule has 32 heavy (non-hydrogen) atoms. The minimum Gasteiger partial charge on any atom is -0.497 e. The minimum atomic E-state index is 0.115. The van der Waals surface area contributed by atoms with Gasteiger partial charge in [-0.1, -0.05) is 24.3 Å². The van der Waals surface area contributed by atoms with Crippen LogP contribution in [0.2, 0.25) is 0 Å². The molecule has 0 spiro atoms. The van der Waals surface area contributed by atoms with Crippen molar-refractivity contribution in [3.63, 3.8) is 0 Å². The van der Waals surface area contributed by atoms with Crippen molar-refractivity contribution < 1.29 is 18.9 Å². The summed E-state index contributed by atoms with van der Waals surface area (Å²) in [5, 5.41) is 3.65. The van der Waals surface area contributed by atoms with Crippen LogP contribution in [0, 0.1) is 0 Å². The smallest absolute Gasteiger partial charge is 0.161 e. The third-order valence-corrected chi connectivity index (χ3v) is 5.64. The van der Waals surface area contributed by atoms with E-state index in [2.05, 4.69) is 29.6 Å². The Morgan fingerprint density at radius 2 is 1.47 bits per heavy atom. The zero-order chi connectivity index (χ0) is 22.3. The Morgan fingerprint density at radius 3 is 2.12 bits per heavy atom. The number of hydrogen-bond acceptors (Lipinski definition) is 5. The van der Waals surface area contributed by atoms with Gasteiger partial charge in [-0.25, -0.2) is 0 Å². The standard InChI is InChI=1S/C27H31NO4/c1-4-30-25-16-21-14-15-28-27(24(21)17-26(25)31-5-2)20-8-12-23(13-9-20)32-18-19-6-10-22(29-3)11-7-19/h6-13,16-17,27-28H,4-5,14-15,18H2,1-3H3. The van der Waals surface area contributed by atoms with E-state index in [9.17, 15) is 0 Å². The molecular formula is C27H31NO4. The van der Waals surface area contributed by atoms with Gasteiger partial charge < -0.3 is 24.3 Å². The highest BCUT2D eigenvalue weighted by Gasteiger charge is 2.24. The Bertz CT molecular complexity index is 1020. The summed E-state index contributed by atoms with van der Waals surface area (Å²) in [5.41, 5.74) is 4.86. The Hall–Kier alpha value is -3.18. The molecule has 3 aromatic rings. The second-order valence-corrected chi connectivity index (χ2v) is 7.71. The van der Waals surface area contributed by atoms with Crippen LogP contribution in [0.15, 0.2) is 60.7 Å². The van der Waals surface area contributed by atoms with E-state index in [1.54, 1.807) is 7.11 Å². The summed E-state index contributed by atoms with van der Waals surface area (Å²) in [4.78, 5) is 0. The average molecular weight is 434 g/mol. The minimum absolute atomic E-state index is 0.115. The van der Waals surface area contributed by atoms with Crippen LogP contribution < -0.4 is 24.3 Å². The fraction of sp³-hybridized carbons (Fsp3) is 0.333. The molecule has 0 fully saturated rings. The molecular weight excluding hydrogens is 402 g/mol. The fourth-order valence-electron chi connectivity index (χ4n) is 4.04. The number of nitrogens with one attached hydrogen (secondary N) is 1. The molecule has 0 aromatic heterocycles. The molecule has 168 valence electrons. The van der Waals surface area contributed by atoms with Crippen LogP contribution in [-0.2, 0) is 13.0 Å². The van der Waals surface area contributed by atoms with Gasteiger partial charge in [-0.15, -0.1) is 0 Å². The Kier molecular flexibility index (Phi) is 7.17. The molecule has 1 heterocycles. The summed E-state index contributed by atoms with van der Waals surface area (Å²) in [6, 6.07) is 20.6. The number of ether oxygens (including phenoxy) is 4. The van der Waals surface area contributed by atoms with Gasteiger partial charge >= 0.3 is 0 Å². The van der Waals surface area contributed by atoms with Crippen LogP contribution in [0.4, 0.5) is 0 Å². The number of benzene rings is 3. The van der Waals surface area contributed by atoms with E-state index >= 15 is 0 Å². The first-order chi connectivity index (χ1) is 15.7. The zero-order valence-electron chi connectivity index (χ0n) is 19.0. The van der Waals surface area contributed by atoms with Gasteiger partial charge in [-0.05, 0) is 78.9 Å². The molecule has 3 aromatic carbocycles. The molecule has 1 atom stereocenters. The van der Waals surface area contributed by atoms with Crippen molar-refractivity contribution in [2.75, 3.05) is 26.9 Å². The molecule has 1 N–H and O–H groups in total. The third-order valence-electron chi connectivity index (χ3n) is 5.64. The normalized spacial score (nSPS) is 15.0. The van der Waals surface area contributed by atoms with Crippen molar-refractivity contribution in [2.45, 2.75) is 32.9 Å². The van der Waals surface area contributed by atoms with E-state index in [1.807, 2.05) is 50.2 Å². The summed E-state index contributed by atoms with van der Waals surface area (Å²) < 4.78 is 22.9. The number of hydrogen-bond donors (Lipinski definition) is 1. The molecule has 0 bridgehead atoms. The third kappa shape index (κ3) is 5.00. The van der Waals surface area contributed by atoms with Gasteiger partial charge in [0.15, 0.2) is 11.5 Å². The van der Waals surface area contributed by atoms with E-state index in [0.29, 0.717) is 19.8 Å². The molecule has 1 aliphatic heterocycles. The van der Waals surface area contributed by atoms with Gasteiger partial charge in [0, 0.05) is 6.54 Å². The molecule has 1 unspecified atom stereocenters.